The van der Waals surface area contributed by atoms with E-state index >= 15 is 0 Å². The van der Waals surface area contributed by atoms with Crippen molar-refractivity contribution in [3.63, 3.8) is 0 Å². The van der Waals surface area contributed by atoms with Gasteiger partial charge in [-0.05, 0) is 83.8 Å². The van der Waals surface area contributed by atoms with Crippen LogP contribution < -0.4 is 5.32 Å². The van der Waals surface area contributed by atoms with Crippen molar-refractivity contribution in [2.45, 2.75) is 38.6 Å². The lowest BCUT2D eigenvalue weighted by Crippen LogP contribution is -2.41. The van der Waals surface area contributed by atoms with E-state index < -0.39 is 0 Å². The van der Waals surface area contributed by atoms with Crippen LogP contribution in [0.3, 0.4) is 0 Å². The molecular weight excluding hydrogens is 507 g/mol. The van der Waals surface area contributed by atoms with Crippen LogP contribution in [0.5, 0.6) is 0 Å². The van der Waals surface area contributed by atoms with Gasteiger partial charge in [0.1, 0.15) is 5.82 Å². The van der Waals surface area contributed by atoms with Crippen LogP contribution in [0.1, 0.15) is 38.2 Å². The maximum atomic E-state index is 14.8. The van der Waals surface area contributed by atoms with Gasteiger partial charge in [-0.25, -0.2) is 14.4 Å². The van der Waals surface area contributed by atoms with E-state index in [0.717, 1.165) is 34.2 Å². The van der Waals surface area contributed by atoms with Gasteiger partial charge in [-0.2, -0.15) is 0 Å². The first-order chi connectivity index (χ1) is 19.0. The number of halogens is 2. The highest BCUT2D eigenvalue weighted by Crippen LogP contribution is 2.35. The summed E-state index contributed by atoms with van der Waals surface area (Å²) < 4.78 is 14.8. The fraction of sp³-hybridized carbons (Fsp3) is 0.242. The number of nitrogens with one attached hydrogen (secondary N) is 1. The first kappa shape index (κ1) is 25.6. The Hall–Kier alpha value is -3.67. The molecule has 1 aliphatic heterocycles. The molecule has 2 aromatic carbocycles. The SMILES string of the molecule is CC(C)C1CCC(c2ccc(-c3cncc(-c4cc(-c5cc(Cl)ccc5F)nc5ncccc45)c3)cc2)CN1. The van der Waals surface area contributed by atoms with Gasteiger partial charge >= 0.3 is 0 Å². The van der Waals surface area contributed by atoms with E-state index in [-0.39, 0.29) is 5.82 Å². The number of fused-ring (bicyclic) bond motifs is 1. The van der Waals surface area contributed by atoms with Crippen LogP contribution in [0.25, 0.3) is 44.5 Å². The highest BCUT2D eigenvalue weighted by Gasteiger charge is 2.23. The van der Waals surface area contributed by atoms with Gasteiger partial charge in [-0.3, -0.25) is 4.98 Å². The molecule has 1 fully saturated rings. The smallest absolute Gasteiger partial charge is 0.160 e. The molecule has 5 aromatic rings. The highest BCUT2D eigenvalue weighted by atomic mass is 35.5. The summed E-state index contributed by atoms with van der Waals surface area (Å²) in [6, 6.07) is 21.8. The van der Waals surface area contributed by atoms with E-state index in [2.05, 4.69) is 64.4 Å². The average Bonchev–Trinajstić information content (AvgIpc) is 2.98. The van der Waals surface area contributed by atoms with E-state index in [0.29, 0.717) is 39.8 Å². The molecule has 196 valence electrons. The average molecular weight is 537 g/mol. The minimum atomic E-state index is -0.381. The van der Waals surface area contributed by atoms with Crippen LogP contribution in [0.15, 0.2) is 85.3 Å². The number of rotatable bonds is 5. The van der Waals surface area contributed by atoms with Crippen LogP contribution in [-0.2, 0) is 0 Å². The zero-order valence-corrected chi connectivity index (χ0v) is 22.8. The van der Waals surface area contributed by atoms with Crippen LogP contribution >= 0.6 is 11.6 Å². The summed E-state index contributed by atoms with van der Waals surface area (Å²) >= 11 is 6.19. The predicted octanol–water partition coefficient (Wildman–Crippen LogP) is 8.31. The Labute approximate surface area is 233 Å². The standard InChI is InChI=1S/C33H30ClFN4/c1-20(2)31-12-9-23(19-38-31)21-5-7-22(8-6-21)24-14-25(18-36-17-24)28-16-32(29-15-26(34)10-11-30(29)35)39-33-27(28)4-3-13-37-33/h3-8,10-11,13-18,20,23,31,38H,9,12,19H2,1-2H3. The lowest BCUT2D eigenvalue weighted by Gasteiger charge is -2.32. The molecule has 6 rings (SSSR count). The van der Waals surface area contributed by atoms with Crippen molar-refractivity contribution in [2.24, 2.45) is 5.92 Å². The molecule has 4 nitrogen and oxygen atoms in total. The molecule has 2 unspecified atom stereocenters. The number of aromatic nitrogens is 3. The van der Waals surface area contributed by atoms with Crippen LogP contribution in [0.4, 0.5) is 4.39 Å². The number of hydrogen-bond acceptors (Lipinski definition) is 4. The van der Waals surface area contributed by atoms with E-state index in [1.54, 1.807) is 12.3 Å². The number of nitrogens with zero attached hydrogens (tertiary/aromatic N) is 3. The maximum Gasteiger partial charge on any atom is 0.160 e. The van der Waals surface area contributed by atoms with E-state index in [1.165, 1.54) is 30.5 Å². The van der Waals surface area contributed by atoms with Gasteiger partial charge in [0.15, 0.2) is 5.65 Å². The summed E-state index contributed by atoms with van der Waals surface area (Å²) in [6.07, 6.45) is 7.83. The molecule has 1 aliphatic rings. The van der Waals surface area contributed by atoms with Gasteiger partial charge in [-0.1, -0.05) is 49.7 Å². The van der Waals surface area contributed by atoms with Gasteiger partial charge in [0.2, 0.25) is 0 Å². The van der Waals surface area contributed by atoms with Crippen molar-refractivity contribution in [1.82, 2.24) is 20.3 Å². The van der Waals surface area contributed by atoms with E-state index in [1.807, 2.05) is 30.6 Å². The maximum absolute atomic E-state index is 14.8. The Bertz CT molecular complexity index is 1630. The Morgan fingerprint density at radius 2 is 1.72 bits per heavy atom. The zero-order chi connectivity index (χ0) is 26.9. The molecule has 39 heavy (non-hydrogen) atoms. The minimum Gasteiger partial charge on any atom is -0.313 e. The van der Waals surface area contributed by atoms with Gasteiger partial charge in [0.05, 0.1) is 5.69 Å². The topological polar surface area (TPSA) is 50.7 Å². The Morgan fingerprint density at radius 1 is 0.897 bits per heavy atom. The summed E-state index contributed by atoms with van der Waals surface area (Å²) in [5, 5.41) is 5.05. The second-order valence-electron chi connectivity index (χ2n) is 10.7. The van der Waals surface area contributed by atoms with Gasteiger partial charge in [0, 0.05) is 58.3 Å². The zero-order valence-electron chi connectivity index (χ0n) is 22.0. The van der Waals surface area contributed by atoms with E-state index in [9.17, 15) is 4.39 Å². The second-order valence-corrected chi connectivity index (χ2v) is 11.1. The Kier molecular flexibility index (Phi) is 7.11. The summed E-state index contributed by atoms with van der Waals surface area (Å²) in [6.45, 7) is 5.60. The monoisotopic (exact) mass is 536 g/mol. The molecule has 6 heteroatoms. The molecule has 3 aromatic heterocycles. The molecule has 1 N–H and O–H groups in total. The summed E-state index contributed by atoms with van der Waals surface area (Å²) in [5.74, 6) is 0.828. The Balaban J connectivity index is 1.34. The third-order valence-electron chi connectivity index (χ3n) is 7.81. The Morgan fingerprint density at radius 3 is 2.49 bits per heavy atom. The number of hydrogen-bond donors (Lipinski definition) is 1. The predicted molar refractivity (Wildman–Crippen MR) is 157 cm³/mol. The first-order valence-electron chi connectivity index (χ1n) is 13.5. The highest BCUT2D eigenvalue weighted by molar-refractivity contribution is 6.30. The summed E-state index contributed by atoms with van der Waals surface area (Å²) in [7, 11) is 0. The molecular formula is C33H30ClFN4. The van der Waals surface area contributed by atoms with Gasteiger partial charge in [-0.15, -0.1) is 0 Å². The third kappa shape index (κ3) is 5.29. The van der Waals surface area contributed by atoms with Gasteiger partial charge in [0.25, 0.3) is 0 Å². The van der Waals surface area contributed by atoms with E-state index in [4.69, 9.17) is 11.6 Å². The molecule has 0 radical (unpaired) electrons. The molecule has 0 amide bonds. The molecule has 4 heterocycles. The van der Waals surface area contributed by atoms with Crippen molar-refractivity contribution in [1.29, 1.82) is 0 Å². The van der Waals surface area contributed by atoms with Crippen molar-refractivity contribution in [3.05, 3.63) is 102 Å². The molecule has 0 aliphatic carbocycles. The van der Waals surface area contributed by atoms with Crippen molar-refractivity contribution < 1.29 is 4.39 Å². The van der Waals surface area contributed by atoms with Crippen molar-refractivity contribution >= 4 is 22.6 Å². The van der Waals surface area contributed by atoms with Crippen molar-refractivity contribution in [3.8, 4) is 33.5 Å². The van der Waals surface area contributed by atoms with Crippen LogP contribution in [-0.4, -0.2) is 27.5 Å². The fourth-order valence-electron chi connectivity index (χ4n) is 5.55. The molecule has 0 saturated carbocycles. The van der Waals surface area contributed by atoms with Crippen LogP contribution in [0.2, 0.25) is 5.02 Å². The lowest BCUT2D eigenvalue weighted by molar-refractivity contribution is 0.303. The lowest BCUT2D eigenvalue weighted by atomic mass is 9.85. The first-order valence-corrected chi connectivity index (χ1v) is 13.8. The van der Waals surface area contributed by atoms with Gasteiger partial charge < -0.3 is 5.32 Å². The molecule has 0 bridgehead atoms. The molecule has 2 atom stereocenters. The summed E-state index contributed by atoms with van der Waals surface area (Å²) in [4.78, 5) is 13.7. The quantitative estimate of drug-likeness (QED) is 0.245. The molecule has 1 saturated heterocycles. The second kappa shape index (κ2) is 10.8. The van der Waals surface area contributed by atoms with Crippen molar-refractivity contribution in [2.75, 3.05) is 6.54 Å². The summed E-state index contributed by atoms with van der Waals surface area (Å²) in [5.41, 5.74) is 6.66. The number of piperidine rings is 1. The largest absolute Gasteiger partial charge is 0.313 e. The number of benzene rings is 2. The normalized spacial score (nSPS) is 17.6. The van der Waals surface area contributed by atoms with Crippen LogP contribution in [0, 0.1) is 11.7 Å². The fourth-order valence-corrected chi connectivity index (χ4v) is 5.72. The minimum absolute atomic E-state index is 0.341. The number of pyridine rings is 3. The third-order valence-corrected chi connectivity index (χ3v) is 8.05. The molecule has 0 spiro atoms.